The van der Waals surface area contributed by atoms with Crippen molar-refractivity contribution in [3.63, 3.8) is 0 Å². The van der Waals surface area contributed by atoms with Crippen molar-refractivity contribution in [2.24, 2.45) is 11.8 Å². The van der Waals surface area contributed by atoms with Crippen LogP contribution in [0.25, 0.3) is 16.1 Å². The predicted molar refractivity (Wildman–Crippen MR) is 140 cm³/mol. The molecule has 3 heterocycles. The van der Waals surface area contributed by atoms with Crippen molar-refractivity contribution in [1.82, 2.24) is 19.6 Å². The molecular weight excluding hydrogens is 472 g/mol. The summed E-state index contributed by atoms with van der Waals surface area (Å²) in [6.45, 7) is 7.09. The predicted octanol–water partition coefficient (Wildman–Crippen LogP) is 5.24. The van der Waals surface area contributed by atoms with Crippen LogP contribution in [-0.2, 0) is 0 Å². The summed E-state index contributed by atoms with van der Waals surface area (Å²) < 4.78 is 7.37. The van der Waals surface area contributed by atoms with E-state index in [4.69, 9.17) is 4.74 Å². The van der Waals surface area contributed by atoms with Gasteiger partial charge in [-0.15, -0.1) is 11.3 Å². The molecule has 2 aromatic carbocycles. The zero-order valence-electron chi connectivity index (χ0n) is 20.5. The van der Waals surface area contributed by atoms with Crippen molar-refractivity contribution in [2.45, 2.75) is 33.2 Å². The average molecular weight is 501 g/mol. The van der Waals surface area contributed by atoms with E-state index < -0.39 is 6.09 Å². The third kappa shape index (κ3) is 3.95. The Bertz CT molecular complexity index is 1490. The molecule has 4 aromatic rings. The minimum atomic E-state index is -0.530. The van der Waals surface area contributed by atoms with Gasteiger partial charge in [0.25, 0.3) is 5.91 Å². The fourth-order valence-corrected chi connectivity index (χ4v) is 6.11. The van der Waals surface area contributed by atoms with E-state index in [1.807, 2.05) is 47.7 Å². The normalized spacial score (nSPS) is 20.4. The molecule has 2 fully saturated rings. The average Bonchev–Trinajstić information content (AvgIpc) is 3.18. The highest BCUT2D eigenvalue weighted by atomic mass is 32.1. The zero-order chi connectivity index (χ0) is 25.0. The number of amides is 2. The molecule has 2 amide bonds. The Hall–Kier alpha value is -3.65. The highest BCUT2D eigenvalue weighted by Gasteiger charge is 2.54. The molecule has 8 heteroatoms. The fraction of sp³-hybridized carbons (Fsp3) is 0.321. The number of fused-ring (bicyclic) bond motifs is 2. The van der Waals surface area contributed by atoms with Gasteiger partial charge in [-0.1, -0.05) is 36.4 Å². The molecule has 2 aromatic heterocycles. The lowest BCUT2D eigenvalue weighted by molar-refractivity contribution is 0.0705. The molecule has 0 unspecified atom stereocenters. The Morgan fingerprint density at radius 3 is 2.81 bits per heavy atom. The number of ether oxygens (including phenoxy) is 1. The first kappa shape index (κ1) is 22.8. The van der Waals surface area contributed by atoms with E-state index >= 15 is 0 Å². The Balaban J connectivity index is 1.19. The molecule has 36 heavy (non-hydrogen) atoms. The minimum absolute atomic E-state index is 0.0165. The number of imidazole rings is 1. The Kier molecular flexibility index (Phi) is 5.56. The first-order valence-corrected chi connectivity index (χ1v) is 13.1. The molecule has 1 saturated heterocycles. The lowest BCUT2D eigenvalue weighted by Crippen LogP contribution is -2.46. The molecule has 184 valence electrons. The van der Waals surface area contributed by atoms with E-state index in [2.05, 4.69) is 42.3 Å². The third-order valence-electron chi connectivity index (χ3n) is 7.57. The topological polar surface area (TPSA) is 75.9 Å². The van der Waals surface area contributed by atoms with Crippen molar-refractivity contribution >= 4 is 28.3 Å². The number of carbonyl (C=O) groups is 2. The van der Waals surface area contributed by atoms with Gasteiger partial charge in [0.2, 0.25) is 5.88 Å². The molecular formula is C28H28N4O3S. The number of hydrogen-bond donors (Lipinski definition) is 1. The van der Waals surface area contributed by atoms with Crippen LogP contribution in [0.5, 0.6) is 5.88 Å². The van der Waals surface area contributed by atoms with Crippen LogP contribution in [0.3, 0.4) is 0 Å². The first-order valence-electron chi connectivity index (χ1n) is 12.3. The van der Waals surface area contributed by atoms with Gasteiger partial charge in [0.1, 0.15) is 5.69 Å². The maximum Gasteiger partial charge on any atom is 0.414 e. The number of piperidine rings is 1. The van der Waals surface area contributed by atoms with Crippen LogP contribution in [0, 0.1) is 32.6 Å². The van der Waals surface area contributed by atoms with Gasteiger partial charge in [0.05, 0.1) is 6.04 Å². The van der Waals surface area contributed by atoms with Crippen LogP contribution in [0.1, 0.15) is 33.6 Å². The fourth-order valence-electron chi connectivity index (χ4n) is 5.36. The second-order valence-electron chi connectivity index (χ2n) is 9.86. The molecule has 1 N–H and O–H groups in total. The molecule has 7 nitrogen and oxygen atoms in total. The van der Waals surface area contributed by atoms with E-state index in [1.54, 1.807) is 4.40 Å². The van der Waals surface area contributed by atoms with E-state index in [0.717, 1.165) is 29.1 Å². The van der Waals surface area contributed by atoms with Gasteiger partial charge in [-0.2, -0.15) is 0 Å². The van der Waals surface area contributed by atoms with E-state index in [0.29, 0.717) is 35.5 Å². The number of benzene rings is 2. The van der Waals surface area contributed by atoms with Crippen LogP contribution >= 0.6 is 11.3 Å². The third-order valence-corrected chi connectivity index (χ3v) is 8.32. The van der Waals surface area contributed by atoms with E-state index in [-0.39, 0.29) is 11.9 Å². The molecule has 1 aliphatic heterocycles. The molecule has 0 spiro atoms. The van der Waals surface area contributed by atoms with Gasteiger partial charge in [-0.25, -0.2) is 9.78 Å². The number of thiazole rings is 1. The lowest BCUT2D eigenvalue weighted by atomic mass is 9.95. The summed E-state index contributed by atoms with van der Waals surface area (Å²) in [4.78, 5) is 33.6. The Labute approximate surface area is 213 Å². The molecule has 0 bridgehead atoms. The van der Waals surface area contributed by atoms with Gasteiger partial charge in [0.15, 0.2) is 4.96 Å². The molecule has 2 aliphatic rings. The molecule has 6 rings (SSSR count). The molecule has 1 aliphatic carbocycles. The SMILES string of the molecule is Cc1ccc(-c2ccccc2C(=O)N2C[C@@H]3C[C@@H]3[C@H]2CNC(=O)Oc2c(C)nc3sccn23)cc1C. The van der Waals surface area contributed by atoms with Crippen LogP contribution in [0.2, 0.25) is 0 Å². The van der Waals surface area contributed by atoms with Crippen molar-refractivity contribution in [1.29, 1.82) is 0 Å². The second-order valence-corrected chi connectivity index (χ2v) is 10.7. The monoisotopic (exact) mass is 500 g/mol. The highest BCUT2D eigenvalue weighted by molar-refractivity contribution is 7.15. The summed E-state index contributed by atoms with van der Waals surface area (Å²) in [5.74, 6) is 1.37. The van der Waals surface area contributed by atoms with Gasteiger partial charge in [-0.3, -0.25) is 9.20 Å². The van der Waals surface area contributed by atoms with Gasteiger partial charge < -0.3 is 15.0 Å². The van der Waals surface area contributed by atoms with Gasteiger partial charge in [0, 0.05) is 30.2 Å². The van der Waals surface area contributed by atoms with Crippen LogP contribution in [0.4, 0.5) is 4.79 Å². The van der Waals surface area contributed by atoms with Crippen LogP contribution in [-0.4, -0.2) is 45.4 Å². The van der Waals surface area contributed by atoms with Crippen molar-refractivity contribution in [3.05, 3.63) is 76.4 Å². The summed E-state index contributed by atoms with van der Waals surface area (Å²) >= 11 is 1.49. The summed E-state index contributed by atoms with van der Waals surface area (Å²) in [6.07, 6.45) is 2.40. The number of likely N-dealkylation sites (tertiary alicyclic amines) is 1. The standard InChI is InChI=1S/C28H28N4O3S/c1-16-8-9-19(12-17(16)2)21-6-4-5-7-22(21)25(33)32-15-20-13-23(20)24(32)14-29-28(34)35-26-18(3)30-27-31(26)10-11-36-27/h4-12,20,23-24H,13-15H2,1-3H3,(H,29,34)/t20-,23-,24+/m0/s1. The van der Waals surface area contributed by atoms with Gasteiger partial charge >= 0.3 is 6.09 Å². The number of aromatic nitrogens is 2. The molecule has 0 radical (unpaired) electrons. The minimum Gasteiger partial charge on any atom is -0.391 e. The lowest BCUT2D eigenvalue weighted by Gasteiger charge is -2.28. The van der Waals surface area contributed by atoms with Crippen molar-refractivity contribution in [3.8, 4) is 17.0 Å². The highest BCUT2D eigenvalue weighted by Crippen LogP contribution is 2.50. The summed E-state index contributed by atoms with van der Waals surface area (Å²) in [5.41, 5.74) is 5.77. The maximum absolute atomic E-state index is 13.8. The maximum atomic E-state index is 13.8. The first-order chi connectivity index (χ1) is 17.4. The number of nitrogens with one attached hydrogen (secondary N) is 1. The largest absolute Gasteiger partial charge is 0.414 e. The quantitative estimate of drug-likeness (QED) is 0.407. The smallest absolute Gasteiger partial charge is 0.391 e. The number of hydrogen-bond acceptors (Lipinski definition) is 5. The van der Waals surface area contributed by atoms with Gasteiger partial charge in [-0.05, 0) is 67.3 Å². The van der Waals surface area contributed by atoms with Crippen molar-refractivity contribution in [2.75, 3.05) is 13.1 Å². The van der Waals surface area contributed by atoms with Crippen LogP contribution in [0.15, 0.2) is 54.0 Å². The molecule has 1 saturated carbocycles. The summed E-state index contributed by atoms with van der Waals surface area (Å²) in [5, 5.41) is 4.81. The Morgan fingerprint density at radius 1 is 1.14 bits per heavy atom. The second kappa shape index (κ2) is 8.78. The van der Waals surface area contributed by atoms with Crippen LogP contribution < -0.4 is 10.1 Å². The van der Waals surface area contributed by atoms with E-state index in [9.17, 15) is 9.59 Å². The number of carbonyl (C=O) groups excluding carboxylic acids is 2. The Morgan fingerprint density at radius 2 is 1.97 bits per heavy atom. The number of rotatable bonds is 5. The summed E-state index contributed by atoms with van der Waals surface area (Å²) in [6, 6.07) is 14.1. The number of nitrogens with zero attached hydrogens (tertiary/aromatic N) is 3. The summed E-state index contributed by atoms with van der Waals surface area (Å²) in [7, 11) is 0. The molecule has 3 atom stereocenters. The van der Waals surface area contributed by atoms with E-state index in [1.165, 1.54) is 22.5 Å². The van der Waals surface area contributed by atoms with Crippen molar-refractivity contribution < 1.29 is 14.3 Å². The zero-order valence-corrected chi connectivity index (χ0v) is 21.3. The number of aryl methyl sites for hydroxylation is 3.